The molecule has 0 radical (unpaired) electrons. The minimum atomic E-state index is -4.11. The van der Waals surface area contributed by atoms with E-state index < -0.39 is 26.6 Å². The Labute approximate surface area is 127 Å². The standard InChI is InChI=1S/C13H16ClFN2O3S/c1-8-4-2-3-5-17(8)13(18)10-6-9(21(16,19)20)7-11(15)12(10)14/h6-8H,2-5H2,1H3,(H2,16,19,20). The lowest BCUT2D eigenvalue weighted by Gasteiger charge is -2.33. The molecule has 2 rings (SSSR count). The van der Waals surface area contributed by atoms with Crippen LogP contribution in [0, 0.1) is 5.82 Å². The van der Waals surface area contributed by atoms with E-state index in [2.05, 4.69) is 0 Å². The van der Waals surface area contributed by atoms with Crippen LogP contribution in [-0.2, 0) is 10.0 Å². The number of amides is 1. The van der Waals surface area contributed by atoms with Gasteiger partial charge in [0.15, 0.2) is 0 Å². The van der Waals surface area contributed by atoms with Gasteiger partial charge in [0.2, 0.25) is 10.0 Å². The smallest absolute Gasteiger partial charge is 0.255 e. The number of hydrogen-bond acceptors (Lipinski definition) is 3. The average molecular weight is 335 g/mol. The molecule has 1 atom stereocenters. The molecule has 1 fully saturated rings. The van der Waals surface area contributed by atoms with Crippen molar-refractivity contribution in [1.29, 1.82) is 0 Å². The molecule has 8 heteroatoms. The molecular weight excluding hydrogens is 319 g/mol. The third-order valence-electron chi connectivity index (χ3n) is 3.62. The van der Waals surface area contributed by atoms with Crippen LogP contribution in [0.25, 0.3) is 0 Å². The zero-order valence-corrected chi connectivity index (χ0v) is 13.0. The summed E-state index contributed by atoms with van der Waals surface area (Å²) < 4.78 is 36.5. The van der Waals surface area contributed by atoms with Crippen molar-refractivity contribution in [3.8, 4) is 0 Å². The van der Waals surface area contributed by atoms with Crippen LogP contribution in [0.15, 0.2) is 17.0 Å². The molecule has 1 unspecified atom stereocenters. The maximum Gasteiger partial charge on any atom is 0.255 e. The highest BCUT2D eigenvalue weighted by Gasteiger charge is 2.28. The zero-order chi connectivity index (χ0) is 15.8. The molecule has 0 aromatic heterocycles. The number of likely N-dealkylation sites (tertiary alicyclic amines) is 1. The van der Waals surface area contributed by atoms with Gasteiger partial charge in [-0.2, -0.15) is 0 Å². The molecule has 1 aromatic carbocycles. The average Bonchev–Trinajstić information content (AvgIpc) is 2.40. The number of rotatable bonds is 2. The fourth-order valence-electron chi connectivity index (χ4n) is 2.44. The van der Waals surface area contributed by atoms with Gasteiger partial charge >= 0.3 is 0 Å². The van der Waals surface area contributed by atoms with Gasteiger partial charge in [0, 0.05) is 12.6 Å². The molecule has 1 heterocycles. The van der Waals surface area contributed by atoms with Gasteiger partial charge in [-0.15, -0.1) is 0 Å². The fourth-order valence-corrected chi connectivity index (χ4v) is 3.18. The van der Waals surface area contributed by atoms with Gasteiger partial charge in [0.05, 0.1) is 15.5 Å². The number of carbonyl (C=O) groups excluding carboxylic acids is 1. The van der Waals surface area contributed by atoms with E-state index >= 15 is 0 Å². The summed E-state index contributed by atoms with van der Waals surface area (Å²) in [6.45, 7) is 2.43. The van der Waals surface area contributed by atoms with Crippen molar-refractivity contribution in [2.75, 3.05) is 6.54 Å². The van der Waals surface area contributed by atoms with Gasteiger partial charge in [-0.05, 0) is 38.3 Å². The quantitative estimate of drug-likeness (QED) is 0.899. The van der Waals surface area contributed by atoms with E-state index in [0.29, 0.717) is 12.6 Å². The Hall–Kier alpha value is -1.18. The number of carbonyl (C=O) groups is 1. The minimum Gasteiger partial charge on any atom is -0.336 e. The van der Waals surface area contributed by atoms with Crippen LogP contribution in [0.1, 0.15) is 36.5 Å². The minimum absolute atomic E-state index is 0.00326. The number of piperidine rings is 1. The summed E-state index contributed by atoms with van der Waals surface area (Å²) in [6, 6.07) is 1.75. The van der Waals surface area contributed by atoms with Crippen LogP contribution in [0.2, 0.25) is 5.02 Å². The fraction of sp³-hybridized carbons (Fsp3) is 0.462. The molecule has 1 aliphatic heterocycles. The van der Waals surface area contributed by atoms with Gasteiger partial charge in [-0.25, -0.2) is 17.9 Å². The number of benzene rings is 1. The van der Waals surface area contributed by atoms with Crippen LogP contribution in [0.3, 0.4) is 0 Å². The summed E-state index contributed by atoms with van der Waals surface area (Å²) in [6.07, 6.45) is 2.72. The van der Waals surface area contributed by atoms with E-state index in [0.717, 1.165) is 25.3 Å². The highest BCUT2D eigenvalue weighted by Crippen LogP contribution is 2.27. The maximum absolute atomic E-state index is 13.8. The Morgan fingerprint density at radius 1 is 1.43 bits per heavy atom. The van der Waals surface area contributed by atoms with Crippen molar-refractivity contribution in [2.24, 2.45) is 5.14 Å². The second-order valence-electron chi connectivity index (χ2n) is 5.15. The number of primary sulfonamides is 1. The van der Waals surface area contributed by atoms with Crippen LogP contribution in [0.5, 0.6) is 0 Å². The largest absolute Gasteiger partial charge is 0.336 e. The molecule has 0 aliphatic carbocycles. The maximum atomic E-state index is 13.8. The zero-order valence-electron chi connectivity index (χ0n) is 11.5. The first-order valence-corrected chi connectivity index (χ1v) is 8.47. The van der Waals surface area contributed by atoms with E-state index in [9.17, 15) is 17.6 Å². The monoisotopic (exact) mass is 334 g/mol. The van der Waals surface area contributed by atoms with E-state index in [4.69, 9.17) is 16.7 Å². The second-order valence-corrected chi connectivity index (χ2v) is 7.09. The van der Waals surface area contributed by atoms with Crippen molar-refractivity contribution in [1.82, 2.24) is 4.90 Å². The van der Waals surface area contributed by atoms with Crippen LogP contribution < -0.4 is 5.14 Å². The van der Waals surface area contributed by atoms with Gasteiger partial charge in [0.25, 0.3) is 5.91 Å². The van der Waals surface area contributed by atoms with Gasteiger partial charge in [0.1, 0.15) is 5.82 Å². The third kappa shape index (κ3) is 3.36. The van der Waals surface area contributed by atoms with Crippen molar-refractivity contribution in [3.05, 3.63) is 28.5 Å². The van der Waals surface area contributed by atoms with Crippen molar-refractivity contribution in [2.45, 2.75) is 37.1 Å². The molecule has 1 aliphatic rings. The lowest BCUT2D eigenvalue weighted by molar-refractivity contribution is 0.0635. The highest BCUT2D eigenvalue weighted by atomic mass is 35.5. The second kappa shape index (κ2) is 5.90. The van der Waals surface area contributed by atoms with E-state index in [1.807, 2.05) is 6.92 Å². The van der Waals surface area contributed by atoms with Gasteiger partial charge < -0.3 is 4.90 Å². The van der Waals surface area contributed by atoms with E-state index in [1.165, 1.54) is 0 Å². The summed E-state index contributed by atoms with van der Waals surface area (Å²) in [5, 5.41) is 4.60. The van der Waals surface area contributed by atoms with Crippen LogP contribution in [0.4, 0.5) is 4.39 Å². The summed E-state index contributed by atoms with van der Waals surface area (Å²) in [4.78, 5) is 13.6. The van der Waals surface area contributed by atoms with Crippen LogP contribution >= 0.6 is 11.6 Å². The normalized spacial score (nSPS) is 19.6. The molecule has 1 amide bonds. The number of nitrogens with zero attached hydrogens (tertiary/aromatic N) is 1. The molecule has 5 nitrogen and oxygen atoms in total. The molecule has 1 aromatic rings. The van der Waals surface area contributed by atoms with Crippen molar-refractivity contribution in [3.63, 3.8) is 0 Å². The number of hydrogen-bond donors (Lipinski definition) is 1. The third-order valence-corrected chi connectivity index (χ3v) is 4.90. The Kier molecular flexibility index (Phi) is 4.55. The molecule has 116 valence electrons. The predicted octanol–water partition coefficient (Wildman–Crippen LogP) is 2.14. The summed E-state index contributed by atoms with van der Waals surface area (Å²) in [5.41, 5.74) is -0.172. The molecule has 0 spiro atoms. The SMILES string of the molecule is CC1CCCCN1C(=O)c1cc(S(N)(=O)=O)cc(F)c1Cl. The molecule has 0 saturated carbocycles. The summed E-state index contributed by atoms with van der Waals surface area (Å²) in [7, 11) is -4.11. The lowest BCUT2D eigenvalue weighted by Crippen LogP contribution is -2.42. The van der Waals surface area contributed by atoms with Crippen molar-refractivity contribution >= 4 is 27.5 Å². The Morgan fingerprint density at radius 3 is 2.67 bits per heavy atom. The molecule has 0 bridgehead atoms. The van der Waals surface area contributed by atoms with Gasteiger partial charge in [-0.3, -0.25) is 4.79 Å². The number of nitrogens with two attached hydrogens (primary N) is 1. The predicted molar refractivity (Wildman–Crippen MR) is 77.1 cm³/mol. The molecule has 2 N–H and O–H groups in total. The molecule has 21 heavy (non-hydrogen) atoms. The topological polar surface area (TPSA) is 80.5 Å². The Bertz CT molecular complexity index is 678. The van der Waals surface area contributed by atoms with Crippen LogP contribution in [-0.4, -0.2) is 31.8 Å². The number of halogens is 2. The molecule has 1 saturated heterocycles. The Morgan fingerprint density at radius 2 is 2.10 bits per heavy atom. The van der Waals surface area contributed by atoms with E-state index in [1.54, 1.807) is 4.90 Å². The van der Waals surface area contributed by atoms with Crippen molar-refractivity contribution < 1.29 is 17.6 Å². The Balaban J connectivity index is 2.47. The number of sulfonamides is 1. The van der Waals surface area contributed by atoms with Gasteiger partial charge in [-0.1, -0.05) is 11.6 Å². The first kappa shape index (κ1) is 16.2. The highest BCUT2D eigenvalue weighted by molar-refractivity contribution is 7.89. The first-order chi connectivity index (χ1) is 9.71. The first-order valence-electron chi connectivity index (χ1n) is 6.54. The lowest BCUT2D eigenvalue weighted by atomic mass is 10.0. The molecular formula is C13H16ClFN2O3S. The summed E-state index contributed by atoms with van der Waals surface area (Å²) in [5.74, 6) is -1.45. The van der Waals surface area contributed by atoms with E-state index in [-0.39, 0.29) is 16.6 Å². The summed E-state index contributed by atoms with van der Waals surface area (Å²) >= 11 is 5.82.